The monoisotopic (exact) mass is 686 g/mol. The van der Waals surface area contributed by atoms with Crippen LogP contribution in [-0.4, -0.2) is 42.2 Å². The molecule has 0 aliphatic carbocycles. The van der Waals surface area contributed by atoms with Crippen molar-refractivity contribution >= 4 is 52.8 Å². The van der Waals surface area contributed by atoms with Gasteiger partial charge in [-0.1, -0.05) is 35.3 Å². The van der Waals surface area contributed by atoms with Gasteiger partial charge in [0.25, 0.3) is 0 Å². The van der Waals surface area contributed by atoms with Gasteiger partial charge in [-0.2, -0.15) is 0 Å². The van der Waals surface area contributed by atoms with Crippen molar-refractivity contribution in [1.29, 1.82) is 0 Å². The van der Waals surface area contributed by atoms with Crippen LogP contribution in [0, 0.1) is 12.7 Å². The summed E-state index contributed by atoms with van der Waals surface area (Å²) >= 11 is 12.8. The van der Waals surface area contributed by atoms with Crippen molar-refractivity contribution in [3.8, 4) is 5.75 Å². The number of methoxy groups -OCH3 is 1. The summed E-state index contributed by atoms with van der Waals surface area (Å²) in [6.07, 6.45) is -1.20. The maximum Gasteiger partial charge on any atom is 0.421 e. The van der Waals surface area contributed by atoms with E-state index >= 15 is 0 Å². The van der Waals surface area contributed by atoms with Crippen LogP contribution in [0.1, 0.15) is 75.1 Å². The molecule has 0 radical (unpaired) electrons. The Morgan fingerprint density at radius 1 is 0.979 bits per heavy atom. The summed E-state index contributed by atoms with van der Waals surface area (Å²) in [5.74, 6) is -4.16. The van der Waals surface area contributed by atoms with Crippen LogP contribution in [0.3, 0.4) is 0 Å². The lowest BCUT2D eigenvalue weighted by Crippen LogP contribution is -2.41. The number of esters is 1. The third-order valence-corrected chi connectivity index (χ3v) is 8.11. The van der Waals surface area contributed by atoms with E-state index in [1.807, 2.05) is 0 Å². The number of imide groups is 1. The molecule has 3 aromatic rings. The molecule has 1 aliphatic rings. The average molecular weight is 688 g/mol. The molecule has 3 aromatic carbocycles. The Morgan fingerprint density at radius 2 is 1.64 bits per heavy atom. The van der Waals surface area contributed by atoms with E-state index in [1.165, 1.54) is 45.2 Å². The van der Waals surface area contributed by atoms with Crippen LogP contribution in [0.4, 0.5) is 14.9 Å². The molecule has 0 saturated carbocycles. The van der Waals surface area contributed by atoms with E-state index in [4.69, 9.17) is 37.4 Å². The number of hydrogen-bond acceptors (Lipinski definition) is 7. The first-order valence-corrected chi connectivity index (χ1v) is 15.6. The molecule has 1 heterocycles. The summed E-state index contributed by atoms with van der Waals surface area (Å²) in [4.78, 5) is 55.0. The Morgan fingerprint density at radius 3 is 2.30 bits per heavy atom. The highest BCUT2D eigenvalue weighted by Gasteiger charge is 2.48. The molecule has 1 N–H and O–H groups in total. The van der Waals surface area contributed by atoms with Gasteiger partial charge in [-0.05, 0) is 101 Å². The van der Waals surface area contributed by atoms with Crippen LogP contribution in [0.15, 0.2) is 54.6 Å². The molecule has 4 rings (SSSR count). The van der Waals surface area contributed by atoms with Gasteiger partial charge >= 0.3 is 12.1 Å². The quantitative estimate of drug-likeness (QED) is 0.230. The van der Waals surface area contributed by atoms with Crippen LogP contribution < -0.4 is 15.0 Å². The largest absolute Gasteiger partial charge is 0.476 e. The molecule has 0 saturated heterocycles. The lowest BCUT2D eigenvalue weighted by molar-refractivity contribution is -0.156. The number of nitrogens with one attached hydrogen (secondary N) is 1. The fourth-order valence-corrected chi connectivity index (χ4v) is 5.76. The van der Waals surface area contributed by atoms with Crippen molar-refractivity contribution < 1.29 is 37.8 Å². The molecule has 1 aliphatic heterocycles. The number of carbonyl (C=O) groups excluding carboxylic acids is 4. The van der Waals surface area contributed by atoms with Gasteiger partial charge in [0, 0.05) is 34.5 Å². The van der Waals surface area contributed by atoms with Gasteiger partial charge in [-0.3, -0.25) is 9.59 Å². The number of fused-ring (bicyclic) bond motifs is 1. The maximum absolute atomic E-state index is 14.4. The second-order valence-corrected chi connectivity index (χ2v) is 13.7. The number of rotatable bonds is 9. The molecule has 250 valence electrons. The highest BCUT2D eigenvalue weighted by molar-refractivity contribution is 6.32. The van der Waals surface area contributed by atoms with Crippen molar-refractivity contribution in [3.63, 3.8) is 0 Å². The van der Waals surface area contributed by atoms with Gasteiger partial charge in [-0.15, -0.1) is 0 Å². The van der Waals surface area contributed by atoms with Crippen molar-refractivity contribution in [2.24, 2.45) is 0 Å². The van der Waals surface area contributed by atoms with E-state index in [0.717, 1.165) is 10.5 Å². The Bertz CT molecular complexity index is 1720. The normalized spacial score (nSPS) is 15.1. The topological polar surface area (TPSA) is 111 Å². The second kappa shape index (κ2) is 13.9. The van der Waals surface area contributed by atoms with E-state index in [0.29, 0.717) is 16.7 Å². The summed E-state index contributed by atoms with van der Waals surface area (Å²) in [7, 11) is 1.23. The minimum absolute atomic E-state index is 0.0261. The zero-order valence-corrected chi connectivity index (χ0v) is 28.7. The number of hydrogen-bond donors (Lipinski definition) is 1. The second-order valence-electron chi connectivity index (χ2n) is 12.8. The zero-order valence-electron chi connectivity index (χ0n) is 27.2. The van der Waals surface area contributed by atoms with Crippen LogP contribution >= 0.6 is 23.2 Å². The molecule has 3 amide bonds. The Kier molecular flexibility index (Phi) is 10.6. The lowest BCUT2D eigenvalue weighted by Gasteiger charge is -2.29. The number of anilines is 1. The number of carbonyl (C=O) groups is 4. The van der Waals surface area contributed by atoms with Gasteiger partial charge in [0.05, 0.1) is 18.7 Å². The molecule has 2 atom stereocenters. The first-order valence-electron chi connectivity index (χ1n) is 14.9. The number of benzene rings is 3. The van der Waals surface area contributed by atoms with Crippen molar-refractivity contribution in [1.82, 2.24) is 5.32 Å². The highest BCUT2D eigenvalue weighted by Crippen LogP contribution is 2.50. The summed E-state index contributed by atoms with van der Waals surface area (Å²) in [6.45, 7) is 9.88. The fraction of sp³-hybridized carbons (Fsp3) is 0.371. The zero-order chi connectivity index (χ0) is 34.8. The van der Waals surface area contributed by atoms with Gasteiger partial charge in [0.2, 0.25) is 11.8 Å². The molecular weight excluding hydrogens is 650 g/mol. The van der Waals surface area contributed by atoms with E-state index in [-0.39, 0.29) is 34.4 Å². The van der Waals surface area contributed by atoms with Gasteiger partial charge in [0.1, 0.15) is 17.2 Å². The van der Waals surface area contributed by atoms with Gasteiger partial charge in [-0.25, -0.2) is 18.9 Å². The minimum atomic E-state index is -1.47. The molecule has 0 aromatic heterocycles. The van der Waals surface area contributed by atoms with Crippen LogP contribution in [0.5, 0.6) is 5.75 Å². The van der Waals surface area contributed by atoms with Crippen LogP contribution in [0.25, 0.3) is 0 Å². The number of halogens is 3. The van der Waals surface area contributed by atoms with Crippen molar-refractivity contribution in [2.75, 3.05) is 12.0 Å². The SMILES string of the molecule is COC(=O)C(C)(C)Oc1ccc(Cl)cc1C(CC(=O)NCc1cc(F)ccc1C)C1C(=O)N(C(=O)OC(C)(C)C)c2cc(Cl)ccc21. The smallest absolute Gasteiger partial charge is 0.421 e. The third-order valence-electron chi connectivity index (χ3n) is 7.64. The molecule has 0 bridgehead atoms. The Labute approximate surface area is 283 Å². The Balaban J connectivity index is 1.83. The number of ether oxygens (including phenoxy) is 3. The third kappa shape index (κ3) is 8.23. The van der Waals surface area contributed by atoms with E-state index in [9.17, 15) is 23.6 Å². The maximum atomic E-state index is 14.4. The summed E-state index contributed by atoms with van der Waals surface area (Å²) in [6, 6.07) is 13.6. The number of nitrogens with zero attached hydrogens (tertiary/aromatic N) is 1. The first kappa shape index (κ1) is 35.7. The minimum Gasteiger partial charge on any atom is -0.476 e. The standard InChI is InChI=1S/C35H37Cl2FN2O7/c1-19-8-11-23(38)14-20(19)18-39-29(41)17-26(25-15-21(36)10-13-28(25)46-35(5,6)32(43)45-7)30-24-12-9-22(37)16-27(24)40(31(30)42)33(44)47-34(2,3)4/h8-16,26,30H,17-18H2,1-7H3,(H,39,41). The highest BCUT2D eigenvalue weighted by atomic mass is 35.5. The summed E-state index contributed by atoms with van der Waals surface area (Å²) in [5, 5.41) is 3.37. The number of amides is 3. The molecule has 2 unspecified atom stereocenters. The molecule has 0 fully saturated rings. The summed E-state index contributed by atoms with van der Waals surface area (Å²) < 4.78 is 30.6. The van der Waals surface area contributed by atoms with Crippen molar-refractivity contribution in [2.45, 2.75) is 77.5 Å². The molecule has 12 heteroatoms. The fourth-order valence-electron chi connectivity index (χ4n) is 5.42. The Hall–Kier alpha value is -4.15. The van der Waals surface area contributed by atoms with Crippen molar-refractivity contribution in [3.05, 3.63) is 92.7 Å². The summed E-state index contributed by atoms with van der Waals surface area (Å²) in [5.41, 5.74) is -0.0676. The lowest BCUT2D eigenvalue weighted by atomic mass is 9.79. The predicted molar refractivity (Wildman–Crippen MR) is 176 cm³/mol. The first-order chi connectivity index (χ1) is 21.9. The predicted octanol–water partition coefficient (Wildman–Crippen LogP) is 7.63. The molecule has 9 nitrogen and oxygen atoms in total. The van der Waals surface area contributed by atoms with E-state index < -0.39 is 52.7 Å². The van der Waals surface area contributed by atoms with E-state index in [1.54, 1.807) is 58.0 Å². The van der Waals surface area contributed by atoms with Crippen LogP contribution in [0.2, 0.25) is 10.0 Å². The number of aryl methyl sites for hydroxylation is 1. The average Bonchev–Trinajstić information content (AvgIpc) is 3.26. The van der Waals surface area contributed by atoms with Crippen LogP contribution in [-0.2, 0) is 30.4 Å². The van der Waals surface area contributed by atoms with Gasteiger partial charge < -0.3 is 19.5 Å². The van der Waals surface area contributed by atoms with E-state index in [2.05, 4.69) is 5.32 Å². The molecular formula is C35H37Cl2FN2O7. The molecule has 47 heavy (non-hydrogen) atoms. The molecule has 0 spiro atoms. The van der Waals surface area contributed by atoms with Gasteiger partial charge in [0.15, 0.2) is 5.60 Å².